The Bertz CT molecular complexity index is 440. The molecule has 1 fully saturated rings. The third kappa shape index (κ3) is 4.52. The van der Waals surface area contributed by atoms with E-state index >= 15 is 0 Å². The number of hydrogen-bond donors (Lipinski definition) is 1. The molecule has 20 heavy (non-hydrogen) atoms. The van der Waals surface area contributed by atoms with Gasteiger partial charge < -0.3 is 5.32 Å². The Morgan fingerprint density at radius 2 is 1.85 bits per heavy atom. The lowest BCUT2D eigenvalue weighted by molar-refractivity contribution is -0.116. The Morgan fingerprint density at radius 1 is 1.25 bits per heavy atom. The molecule has 1 N–H and O–H groups in total. The normalized spacial score (nSPS) is 17.4. The van der Waals surface area contributed by atoms with Gasteiger partial charge in [-0.3, -0.25) is 4.79 Å². The highest BCUT2D eigenvalue weighted by atomic mass is 79.9. The minimum atomic E-state index is -0.143. The summed E-state index contributed by atoms with van der Waals surface area (Å²) in [6, 6.07) is 8.21. The largest absolute Gasteiger partial charge is 0.325 e. The average Bonchev–Trinajstić information content (AvgIpc) is 2.92. The van der Waals surface area contributed by atoms with Crippen LogP contribution in [0.25, 0.3) is 0 Å². The molecule has 0 aromatic heterocycles. The molecule has 0 radical (unpaired) electrons. The van der Waals surface area contributed by atoms with E-state index in [4.69, 9.17) is 0 Å². The fourth-order valence-corrected chi connectivity index (χ4v) is 3.69. The second-order valence-electron chi connectivity index (χ2n) is 5.68. The smallest absolute Gasteiger partial charge is 0.238 e. The maximum Gasteiger partial charge on any atom is 0.238 e. The Kier molecular flexibility index (Phi) is 5.97. The van der Waals surface area contributed by atoms with Gasteiger partial charge in [-0.25, -0.2) is 0 Å². The van der Waals surface area contributed by atoms with Crippen LogP contribution in [0.4, 0.5) is 5.69 Å². The van der Waals surface area contributed by atoms with E-state index in [1.54, 1.807) is 0 Å². The van der Waals surface area contributed by atoms with Crippen LogP contribution in [0.1, 0.15) is 39.5 Å². The third-order valence-corrected chi connectivity index (χ3v) is 6.38. The Balaban J connectivity index is 1.89. The van der Waals surface area contributed by atoms with E-state index in [2.05, 4.69) is 33.4 Å². The SMILES string of the molecule is CC(C)C(Br)C(=O)Nc1ccc(SC2CCCC2)cc1. The van der Waals surface area contributed by atoms with Gasteiger partial charge in [-0.1, -0.05) is 42.6 Å². The number of carbonyl (C=O) groups excluding carboxylic acids is 1. The standard InChI is InChI=1S/C16H22BrNOS/c1-11(2)15(17)16(19)18-12-7-9-14(10-8-12)20-13-5-3-4-6-13/h7-11,13,15H,3-6H2,1-2H3,(H,18,19). The lowest BCUT2D eigenvalue weighted by Gasteiger charge is -2.14. The first-order valence-electron chi connectivity index (χ1n) is 7.28. The van der Waals surface area contributed by atoms with Crippen LogP contribution in [0, 0.1) is 5.92 Å². The fourth-order valence-electron chi connectivity index (χ4n) is 2.33. The van der Waals surface area contributed by atoms with Gasteiger partial charge in [0, 0.05) is 15.8 Å². The summed E-state index contributed by atoms with van der Waals surface area (Å²) in [6.07, 6.45) is 5.41. The van der Waals surface area contributed by atoms with Crippen molar-refractivity contribution in [3.63, 3.8) is 0 Å². The highest BCUT2D eigenvalue weighted by Gasteiger charge is 2.19. The second-order valence-corrected chi connectivity index (χ2v) is 8.04. The molecule has 110 valence electrons. The first-order chi connectivity index (χ1) is 9.56. The summed E-state index contributed by atoms with van der Waals surface area (Å²) in [5.41, 5.74) is 0.871. The minimum absolute atomic E-state index is 0.0243. The summed E-state index contributed by atoms with van der Waals surface area (Å²) in [6.45, 7) is 4.06. The summed E-state index contributed by atoms with van der Waals surface area (Å²) < 4.78 is 0. The fraction of sp³-hybridized carbons (Fsp3) is 0.562. The van der Waals surface area contributed by atoms with Crippen LogP contribution in [-0.2, 0) is 4.79 Å². The summed E-state index contributed by atoms with van der Waals surface area (Å²) in [7, 11) is 0. The first kappa shape index (κ1) is 15.9. The molecule has 0 saturated heterocycles. The lowest BCUT2D eigenvalue weighted by Crippen LogP contribution is -2.26. The Morgan fingerprint density at radius 3 is 2.40 bits per heavy atom. The molecule has 0 bridgehead atoms. The van der Waals surface area contributed by atoms with Crippen molar-refractivity contribution in [3.05, 3.63) is 24.3 Å². The molecular formula is C16H22BrNOS. The van der Waals surface area contributed by atoms with E-state index in [1.807, 2.05) is 37.7 Å². The van der Waals surface area contributed by atoms with E-state index < -0.39 is 0 Å². The Hall–Kier alpha value is -0.480. The molecule has 1 atom stereocenters. The lowest BCUT2D eigenvalue weighted by atomic mass is 10.1. The molecule has 2 rings (SSSR count). The van der Waals surface area contributed by atoms with E-state index in [9.17, 15) is 4.79 Å². The van der Waals surface area contributed by atoms with Crippen molar-refractivity contribution in [2.24, 2.45) is 5.92 Å². The highest BCUT2D eigenvalue weighted by molar-refractivity contribution is 9.10. The molecule has 1 aromatic rings. The van der Waals surface area contributed by atoms with Crippen LogP contribution in [-0.4, -0.2) is 16.0 Å². The predicted octanol–water partition coefficient (Wildman–Crippen LogP) is 5.08. The topological polar surface area (TPSA) is 29.1 Å². The van der Waals surface area contributed by atoms with Crippen molar-refractivity contribution in [1.82, 2.24) is 0 Å². The van der Waals surface area contributed by atoms with Gasteiger partial charge in [-0.05, 0) is 43.0 Å². The second kappa shape index (κ2) is 7.51. The summed E-state index contributed by atoms with van der Waals surface area (Å²) in [4.78, 5) is 13.1. The van der Waals surface area contributed by atoms with Crippen LogP contribution in [0.3, 0.4) is 0 Å². The number of carbonyl (C=O) groups is 1. The monoisotopic (exact) mass is 355 g/mol. The van der Waals surface area contributed by atoms with Gasteiger partial charge in [0.25, 0.3) is 0 Å². The van der Waals surface area contributed by atoms with Gasteiger partial charge in [-0.2, -0.15) is 0 Å². The van der Waals surface area contributed by atoms with E-state index in [0.29, 0.717) is 0 Å². The maximum atomic E-state index is 12.0. The number of benzene rings is 1. The van der Waals surface area contributed by atoms with Gasteiger partial charge in [0.05, 0.1) is 4.83 Å². The van der Waals surface area contributed by atoms with Crippen molar-refractivity contribution in [1.29, 1.82) is 0 Å². The molecule has 1 aliphatic carbocycles. The van der Waals surface area contributed by atoms with Gasteiger partial charge >= 0.3 is 0 Å². The maximum absolute atomic E-state index is 12.0. The molecular weight excluding hydrogens is 334 g/mol. The van der Waals surface area contributed by atoms with Crippen LogP contribution < -0.4 is 5.32 Å². The number of halogens is 1. The molecule has 0 aliphatic heterocycles. The molecule has 2 nitrogen and oxygen atoms in total. The number of hydrogen-bond acceptors (Lipinski definition) is 2. The first-order valence-corrected chi connectivity index (χ1v) is 9.07. The quantitative estimate of drug-likeness (QED) is 0.746. The Labute approximate surface area is 134 Å². The number of alkyl halides is 1. The molecule has 0 heterocycles. The molecule has 1 aliphatic rings. The summed E-state index contributed by atoms with van der Waals surface area (Å²) in [5.74, 6) is 0.309. The molecule has 1 unspecified atom stereocenters. The number of nitrogens with one attached hydrogen (secondary N) is 1. The molecule has 1 aromatic carbocycles. The zero-order valence-corrected chi connectivity index (χ0v) is 14.5. The zero-order chi connectivity index (χ0) is 14.5. The van der Waals surface area contributed by atoms with E-state index in [0.717, 1.165) is 10.9 Å². The van der Waals surface area contributed by atoms with Crippen molar-refractivity contribution >= 4 is 39.3 Å². The van der Waals surface area contributed by atoms with Gasteiger partial charge in [0.15, 0.2) is 0 Å². The van der Waals surface area contributed by atoms with Crippen molar-refractivity contribution in [2.45, 2.75) is 54.5 Å². The minimum Gasteiger partial charge on any atom is -0.325 e. The van der Waals surface area contributed by atoms with Crippen molar-refractivity contribution < 1.29 is 4.79 Å². The molecule has 4 heteroatoms. The highest BCUT2D eigenvalue weighted by Crippen LogP contribution is 2.35. The van der Waals surface area contributed by atoms with Crippen LogP contribution >= 0.6 is 27.7 Å². The van der Waals surface area contributed by atoms with Crippen LogP contribution in [0.5, 0.6) is 0 Å². The van der Waals surface area contributed by atoms with E-state index in [-0.39, 0.29) is 16.7 Å². The molecule has 1 amide bonds. The number of thioether (sulfide) groups is 1. The third-order valence-electron chi connectivity index (χ3n) is 3.56. The number of amides is 1. The van der Waals surface area contributed by atoms with Crippen LogP contribution in [0.15, 0.2) is 29.2 Å². The van der Waals surface area contributed by atoms with Crippen molar-refractivity contribution in [2.75, 3.05) is 5.32 Å². The average molecular weight is 356 g/mol. The van der Waals surface area contributed by atoms with Gasteiger partial charge in [0.1, 0.15) is 0 Å². The van der Waals surface area contributed by atoms with Crippen molar-refractivity contribution in [3.8, 4) is 0 Å². The zero-order valence-electron chi connectivity index (χ0n) is 12.1. The number of rotatable bonds is 5. The van der Waals surface area contributed by atoms with E-state index in [1.165, 1.54) is 30.6 Å². The summed E-state index contributed by atoms with van der Waals surface area (Å²) >= 11 is 5.39. The van der Waals surface area contributed by atoms with Gasteiger partial charge in [0.2, 0.25) is 5.91 Å². The molecule has 1 saturated carbocycles. The summed E-state index contributed by atoms with van der Waals surface area (Å²) in [5, 5.41) is 3.73. The predicted molar refractivity (Wildman–Crippen MR) is 90.7 cm³/mol. The van der Waals surface area contributed by atoms with Crippen LogP contribution in [0.2, 0.25) is 0 Å². The van der Waals surface area contributed by atoms with Gasteiger partial charge in [-0.15, -0.1) is 11.8 Å². The molecule has 0 spiro atoms. The number of anilines is 1.